The number of aromatic nitrogens is 2. The van der Waals surface area contributed by atoms with Crippen LogP contribution in [0.25, 0.3) is 142 Å². The zero-order valence-electron chi connectivity index (χ0n) is 44.7. The molecule has 6 heterocycles. The highest BCUT2D eigenvalue weighted by atomic mass is 16.3. The topological polar surface area (TPSA) is 41.6 Å². The number of benzene rings is 13. The average molecular weight is 1050 g/mol. The van der Waals surface area contributed by atoms with Crippen molar-refractivity contribution in [1.82, 2.24) is 8.80 Å². The van der Waals surface area contributed by atoms with Gasteiger partial charge in [-0.05, 0) is 168 Å². The number of furan rings is 2. The van der Waals surface area contributed by atoms with Gasteiger partial charge in [0.1, 0.15) is 22.3 Å². The van der Waals surface area contributed by atoms with Gasteiger partial charge >= 0.3 is 0 Å². The lowest BCUT2D eigenvalue weighted by atomic mass is 10.00. The van der Waals surface area contributed by atoms with Crippen LogP contribution in [0.3, 0.4) is 0 Å². The molecule has 6 aromatic heterocycles. The molecule has 0 aliphatic carbocycles. The summed E-state index contributed by atoms with van der Waals surface area (Å²) in [6.07, 6.45) is 0. The van der Waals surface area contributed by atoms with E-state index in [1.165, 1.54) is 87.3 Å². The monoisotopic (exact) mass is 1050 g/mol. The predicted octanol–water partition coefficient (Wildman–Crippen LogP) is 21.6. The Morgan fingerprint density at radius 1 is 0.268 bits per heavy atom. The Bertz CT molecular complexity index is 5590. The van der Waals surface area contributed by atoms with Gasteiger partial charge in [-0.25, -0.2) is 0 Å². The lowest BCUT2D eigenvalue weighted by molar-refractivity contribution is 0.663. The molecule has 19 rings (SSSR count). The second-order valence-electron chi connectivity index (χ2n) is 22.5. The summed E-state index contributed by atoms with van der Waals surface area (Å²) in [5.41, 5.74) is 19.8. The van der Waals surface area contributed by atoms with Crippen LogP contribution in [0.4, 0.5) is 34.1 Å². The van der Waals surface area contributed by atoms with Crippen molar-refractivity contribution >= 4 is 176 Å². The van der Waals surface area contributed by atoms with E-state index in [0.29, 0.717) is 0 Å². The van der Waals surface area contributed by atoms with Gasteiger partial charge in [0.15, 0.2) is 0 Å². The third-order valence-corrected chi connectivity index (χ3v) is 18.1. The molecule has 19 aromatic rings. The highest BCUT2D eigenvalue weighted by molar-refractivity contribution is 6.29. The number of hydrogen-bond acceptors (Lipinski definition) is 4. The molecule has 0 N–H and O–H groups in total. The van der Waals surface area contributed by atoms with Gasteiger partial charge in [0.25, 0.3) is 0 Å². The molecule has 13 aromatic carbocycles. The van der Waals surface area contributed by atoms with Crippen molar-refractivity contribution in [2.75, 3.05) is 9.80 Å². The molecule has 0 saturated carbocycles. The zero-order chi connectivity index (χ0) is 53.6. The van der Waals surface area contributed by atoms with E-state index >= 15 is 0 Å². The summed E-state index contributed by atoms with van der Waals surface area (Å²) in [6.45, 7) is 4.40. The van der Waals surface area contributed by atoms with Crippen molar-refractivity contribution in [3.05, 3.63) is 254 Å². The van der Waals surface area contributed by atoms with Gasteiger partial charge in [-0.15, -0.1) is 0 Å². The molecule has 0 aliphatic rings. The molecule has 0 spiro atoms. The standard InChI is InChI=1S/C76H46N4O2/c1-43-13-3-7-21-63(43)77(51-29-31-67-59(41-51)57-19-11-17-55-53-15-5-9-23-65(53)79(67)75(55)57)49-27-25-45-37-61-71(39-47(45)35-49)81-69-33-34-70-74(73(61)69)62-38-46-26-28-50(36-48(46)40-72(62)82-70)78(64-22-8-4-14-44(64)2)52-30-32-68-60(42-52)58-20-12-18-56-54-16-6-10-24-66(54)80(68)76(56)58/h3-42H,1-2H3. The van der Waals surface area contributed by atoms with Crippen molar-refractivity contribution in [3.8, 4) is 0 Å². The van der Waals surface area contributed by atoms with Crippen molar-refractivity contribution < 1.29 is 8.83 Å². The molecule has 0 saturated heterocycles. The second-order valence-corrected chi connectivity index (χ2v) is 22.5. The molecule has 6 nitrogen and oxygen atoms in total. The quantitative estimate of drug-likeness (QED) is 0.166. The van der Waals surface area contributed by atoms with Crippen molar-refractivity contribution in [3.63, 3.8) is 0 Å². The molecule has 0 atom stereocenters. The number of nitrogens with zero attached hydrogens (tertiary/aromatic N) is 4. The Hall–Kier alpha value is -10.8. The maximum absolute atomic E-state index is 6.84. The van der Waals surface area contributed by atoms with Crippen LogP contribution in [0.2, 0.25) is 0 Å². The largest absolute Gasteiger partial charge is 0.456 e. The first kappa shape index (κ1) is 44.1. The third-order valence-electron chi connectivity index (χ3n) is 18.1. The summed E-state index contributed by atoms with van der Waals surface area (Å²) in [5, 5.41) is 18.9. The molecule has 82 heavy (non-hydrogen) atoms. The number of fused-ring (bicyclic) bond motifs is 21. The smallest absolute Gasteiger partial charge is 0.136 e. The van der Waals surface area contributed by atoms with Gasteiger partial charge in [-0.1, -0.05) is 121 Å². The first-order chi connectivity index (χ1) is 40.5. The average Bonchev–Trinajstić information content (AvgIpc) is 2.28. The Labute approximate surface area is 468 Å². The normalized spacial score (nSPS) is 12.5. The molecular formula is C76H46N4O2. The Morgan fingerprint density at radius 2 is 0.646 bits per heavy atom. The van der Waals surface area contributed by atoms with Gasteiger partial charge in [0, 0.05) is 98.8 Å². The summed E-state index contributed by atoms with van der Waals surface area (Å²) in [7, 11) is 0. The SMILES string of the molecule is Cc1ccccc1N(c1ccc2cc3c(cc2c1)oc1ccc2oc4cc5cc(N(c6ccc7c(c6)c6cccc8c9ccccc9n7c86)c6ccccc6C)ccc5cc4c2c13)c1ccc2c(c1)c1cccc3c4ccccc4n2c31. The summed E-state index contributed by atoms with van der Waals surface area (Å²) >= 11 is 0. The number of para-hydroxylation sites is 6. The van der Waals surface area contributed by atoms with E-state index in [-0.39, 0.29) is 0 Å². The summed E-state index contributed by atoms with van der Waals surface area (Å²) in [5.74, 6) is 0. The van der Waals surface area contributed by atoms with Crippen molar-refractivity contribution in [2.24, 2.45) is 0 Å². The first-order valence-electron chi connectivity index (χ1n) is 28.2. The molecule has 382 valence electrons. The van der Waals surface area contributed by atoms with Gasteiger partial charge in [-0.3, -0.25) is 0 Å². The molecule has 0 amide bonds. The van der Waals surface area contributed by atoms with Crippen LogP contribution in [0.15, 0.2) is 251 Å². The molecule has 0 bridgehead atoms. The maximum Gasteiger partial charge on any atom is 0.136 e. The fourth-order valence-corrected chi connectivity index (χ4v) is 14.5. The Balaban J connectivity index is 0.734. The molecule has 0 aliphatic heterocycles. The molecule has 6 heteroatoms. The van der Waals surface area contributed by atoms with Crippen LogP contribution in [0, 0.1) is 13.8 Å². The van der Waals surface area contributed by atoms with E-state index < -0.39 is 0 Å². The van der Waals surface area contributed by atoms with E-state index in [9.17, 15) is 0 Å². The van der Waals surface area contributed by atoms with Crippen LogP contribution in [-0.2, 0) is 0 Å². The van der Waals surface area contributed by atoms with Crippen molar-refractivity contribution in [1.29, 1.82) is 0 Å². The highest BCUT2D eigenvalue weighted by Crippen LogP contribution is 2.48. The van der Waals surface area contributed by atoms with E-state index in [1.54, 1.807) is 0 Å². The third kappa shape index (κ3) is 5.86. The molecule has 0 unspecified atom stereocenters. The van der Waals surface area contributed by atoms with E-state index in [4.69, 9.17) is 8.83 Å². The lowest BCUT2D eigenvalue weighted by Gasteiger charge is -2.27. The van der Waals surface area contributed by atoms with E-state index in [0.717, 1.165) is 99.5 Å². The number of aryl methyl sites for hydroxylation is 2. The fraction of sp³-hybridized carbons (Fsp3) is 0.0263. The summed E-state index contributed by atoms with van der Waals surface area (Å²) in [6, 6.07) is 89.1. The number of anilines is 6. The van der Waals surface area contributed by atoms with Crippen LogP contribution in [0.1, 0.15) is 11.1 Å². The predicted molar refractivity (Wildman–Crippen MR) is 344 cm³/mol. The Morgan fingerprint density at radius 3 is 1.11 bits per heavy atom. The fourth-order valence-electron chi connectivity index (χ4n) is 14.5. The van der Waals surface area contributed by atoms with E-state index in [1.807, 2.05) is 0 Å². The van der Waals surface area contributed by atoms with E-state index in [2.05, 4.69) is 275 Å². The zero-order valence-corrected chi connectivity index (χ0v) is 44.7. The van der Waals surface area contributed by atoms with Gasteiger partial charge in [0.2, 0.25) is 0 Å². The minimum atomic E-state index is 0.838. The second kappa shape index (κ2) is 15.9. The lowest BCUT2D eigenvalue weighted by Crippen LogP contribution is -2.11. The highest BCUT2D eigenvalue weighted by Gasteiger charge is 2.25. The van der Waals surface area contributed by atoms with Crippen LogP contribution < -0.4 is 9.80 Å². The first-order valence-corrected chi connectivity index (χ1v) is 28.2. The minimum absolute atomic E-state index is 0.838. The summed E-state index contributed by atoms with van der Waals surface area (Å²) in [4.78, 5) is 4.82. The number of hydrogen-bond donors (Lipinski definition) is 0. The van der Waals surface area contributed by atoms with Crippen LogP contribution in [-0.4, -0.2) is 8.80 Å². The van der Waals surface area contributed by atoms with Gasteiger partial charge in [0.05, 0.1) is 33.1 Å². The summed E-state index contributed by atoms with van der Waals surface area (Å²) < 4.78 is 18.6. The molecular weight excluding hydrogens is 1000 g/mol. The maximum atomic E-state index is 6.84. The van der Waals surface area contributed by atoms with Crippen LogP contribution >= 0.6 is 0 Å². The molecule has 0 fully saturated rings. The van der Waals surface area contributed by atoms with Crippen LogP contribution in [0.5, 0.6) is 0 Å². The Kier molecular flexibility index (Phi) is 8.57. The van der Waals surface area contributed by atoms with Crippen molar-refractivity contribution in [2.45, 2.75) is 13.8 Å². The van der Waals surface area contributed by atoms with Gasteiger partial charge < -0.3 is 27.4 Å². The van der Waals surface area contributed by atoms with Gasteiger partial charge in [-0.2, -0.15) is 0 Å². The molecule has 0 radical (unpaired) electrons. The number of rotatable bonds is 6. The minimum Gasteiger partial charge on any atom is -0.456 e.